The molecule has 1 aliphatic carbocycles. The summed E-state index contributed by atoms with van der Waals surface area (Å²) in [5.74, 6) is 1.69. The molecule has 4 rings (SSSR count). The van der Waals surface area contributed by atoms with E-state index in [9.17, 15) is 5.11 Å². The summed E-state index contributed by atoms with van der Waals surface area (Å²) in [6.07, 6.45) is 5.98. The normalized spacial score (nSPS) is 23.2. The first kappa shape index (κ1) is 19.9. The van der Waals surface area contributed by atoms with Gasteiger partial charge in [-0.3, -0.25) is 4.68 Å². The molecule has 0 amide bonds. The Morgan fingerprint density at radius 3 is 2.38 bits per heavy atom. The largest absolute Gasteiger partial charge is 0.457 e. The zero-order valence-electron chi connectivity index (χ0n) is 16.8. The molecule has 29 heavy (non-hydrogen) atoms. The summed E-state index contributed by atoms with van der Waals surface area (Å²) in [7, 11) is 0. The molecule has 1 aliphatic rings. The molecule has 1 aromatic heterocycles. The molecule has 1 fully saturated rings. The number of benzene rings is 2. The van der Waals surface area contributed by atoms with E-state index in [-0.39, 0.29) is 11.3 Å². The van der Waals surface area contributed by atoms with E-state index in [0.29, 0.717) is 11.6 Å². The van der Waals surface area contributed by atoms with Gasteiger partial charge in [0.1, 0.15) is 24.2 Å². The predicted octanol–water partition coefficient (Wildman–Crippen LogP) is 5.13. The van der Waals surface area contributed by atoms with Crippen LogP contribution in [0.3, 0.4) is 0 Å². The van der Waals surface area contributed by atoms with E-state index in [2.05, 4.69) is 36.1 Å². The topological polar surface area (TPSA) is 60.2 Å². The number of nitrogens with zero attached hydrogens (tertiary/aromatic N) is 3. The lowest BCUT2D eigenvalue weighted by Gasteiger charge is -2.40. The van der Waals surface area contributed by atoms with Gasteiger partial charge in [-0.25, -0.2) is 4.98 Å². The van der Waals surface area contributed by atoms with Crippen LogP contribution in [0.1, 0.15) is 32.3 Å². The van der Waals surface area contributed by atoms with Crippen molar-refractivity contribution in [1.29, 1.82) is 0 Å². The minimum absolute atomic E-state index is 0.157. The van der Waals surface area contributed by atoms with Gasteiger partial charge >= 0.3 is 0 Å². The van der Waals surface area contributed by atoms with Crippen LogP contribution < -0.4 is 4.74 Å². The average molecular weight is 412 g/mol. The minimum atomic E-state index is -0.834. The van der Waals surface area contributed by atoms with Crippen LogP contribution in [0.4, 0.5) is 0 Å². The Morgan fingerprint density at radius 2 is 1.76 bits per heavy atom. The van der Waals surface area contributed by atoms with Crippen molar-refractivity contribution >= 4 is 11.6 Å². The molecule has 1 N–H and O–H groups in total. The molecule has 0 saturated heterocycles. The summed E-state index contributed by atoms with van der Waals surface area (Å²) in [6, 6.07) is 15.4. The number of ether oxygens (including phenoxy) is 1. The summed E-state index contributed by atoms with van der Waals surface area (Å²) < 4.78 is 7.62. The summed E-state index contributed by atoms with van der Waals surface area (Å²) >= 11 is 5.92. The van der Waals surface area contributed by atoms with E-state index < -0.39 is 5.60 Å². The van der Waals surface area contributed by atoms with E-state index in [1.165, 1.54) is 11.9 Å². The first-order valence-electron chi connectivity index (χ1n) is 9.93. The molecule has 6 heteroatoms. The summed E-state index contributed by atoms with van der Waals surface area (Å²) in [5, 5.41) is 16.6. The fourth-order valence-corrected chi connectivity index (χ4v) is 4.46. The van der Waals surface area contributed by atoms with Crippen molar-refractivity contribution in [3.05, 3.63) is 71.8 Å². The Balaban J connectivity index is 1.47. The summed E-state index contributed by atoms with van der Waals surface area (Å²) in [4.78, 5) is 4.02. The zero-order chi connectivity index (χ0) is 20.5. The molecule has 5 nitrogen and oxygen atoms in total. The lowest BCUT2D eigenvalue weighted by molar-refractivity contribution is -0.0907. The molecule has 1 heterocycles. The highest BCUT2D eigenvalue weighted by molar-refractivity contribution is 6.30. The Bertz CT molecular complexity index is 939. The van der Waals surface area contributed by atoms with Gasteiger partial charge in [-0.1, -0.05) is 37.6 Å². The second kappa shape index (κ2) is 7.81. The highest BCUT2D eigenvalue weighted by Crippen LogP contribution is 2.51. The van der Waals surface area contributed by atoms with Crippen molar-refractivity contribution in [2.24, 2.45) is 11.3 Å². The quantitative estimate of drug-likeness (QED) is 0.610. The van der Waals surface area contributed by atoms with Crippen LogP contribution in [0.15, 0.2) is 61.2 Å². The first-order valence-corrected chi connectivity index (χ1v) is 10.3. The van der Waals surface area contributed by atoms with Gasteiger partial charge in [-0.15, -0.1) is 0 Å². The Morgan fingerprint density at radius 1 is 1.10 bits per heavy atom. The number of halogens is 1. The zero-order valence-corrected chi connectivity index (χ0v) is 17.5. The molecule has 2 aromatic carbocycles. The number of aromatic nitrogens is 3. The van der Waals surface area contributed by atoms with E-state index in [0.717, 1.165) is 30.8 Å². The average Bonchev–Trinajstić information content (AvgIpc) is 3.27. The second-order valence-corrected chi connectivity index (χ2v) is 8.98. The van der Waals surface area contributed by atoms with Gasteiger partial charge in [-0.05, 0) is 72.6 Å². The van der Waals surface area contributed by atoms with E-state index in [4.69, 9.17) is 16.3 Å². The van der Waals surface area contributed by atoms with Crippen LogP contribution in [0.2, 0.25) is 5.02 Å². The van der Waals surface area contributed by atoms with Crippen LogP contribution in [0, 0.1) is 11.3 Å². The molecule has 0 radical (unpaired) electrons. The number of rotatable bonds is 6. The lowest BCUT2D eigenvalue weighted by Crippen LogP contribution is -2.49. The van der Waals surface area contributed by atoms with Crippen LogP contribution in [0.5, 0.6) is 11.5 Å². The van der Waals surface area contributed by atoms with Crippen LogP contribution in [0.25, 0.3) is 0 Å². The Kier molecular flexibility index (Phi) is 5.36. The maximum Gasteiger partial charge on any atom is 0.137 e. The monoisotopic (exact) mass is 411 g/mol. The fraction of sp³-hybridized carbons (Fsp3) is 0.391. The van der Waals surface area contributed by atoms with Crippen LogP contribution in [-0.4, -0.2) is 25.5 Å². The Hall–Kier alpha value is -2.37. The molecule has 0 bridgehead atoms. The van der Waals surface area contributed by atoms with Crippen molar-refractivity contribution in [3.8, 4) is 11.5 Å². The first-order chi connectivity index (χ1) is 13.9. The maximum atomic E-state index is 11.7. The van der Waals surface area contributed by atoms with Gasteiger partial charge in [0.15, 0.2) is 0 Å². The van der Waals surface area contributed by atoms with Gasteiger partial charge in [0, 0.05) is 5.02 Å². The predicted molar refractivity (Wildman–Crippen MR) is 113 cm³/mol. The molecule has 0 spiro atoms. The minimum Gasteiger partial charge on any atom is -0.457 e. The third-order valence-corrected chi connectivity index (χ3v) is 6.54. The fourth-order valence-electron chi connectivity index (χ4n) is 4.34. The van der Waals surface area contributed by atoms with Crippen molar-refractivity contribution in [1.82, 2.24) is 14.8 Å². The summed E-state index contributed by atoms with van der Waals surface area (Å²) in [5.41, 5.74) is 0.175. The number of aliphatic hydroxyl groups is 1. The highest BCUT2D eigenvalue weighted by Gasteiger charge is 2.54. The molecule has 152 valence electrons. The van der Waals surface area contributed by atoms with Crippen LogP contribution >= 0.6 is 11.6 Å². The summed E-state index contributed by atoms with van der Waals surface area (Å²) in [6.45, 7) is 4.75. The lowest BCUT2D eigenvalue weighted by atomic mass is 9.72. The number of hydrogen-bond acceptors (Lipinski definition) is 4. The van der Waals surface area contributed by atoms with Gasteiger partial charge in [0.2, 0.25) is 0 Å². The molecule has 2 atom stereocenters. The van der Waals surface area contributed by atoms with Gasteiger partial charge in [-0.2, -0.15) is 5.10 Å². The maximum absolute atomic E-state index is 11.7. The second-order valence-electron chi connectivity index (χ2n) is 8.54. The third-order valence-electron chi connectivity index (χ3n) is 6.29. The van der Waals surface area contributed by atoms with E-state index in [1.54, 1.807) is 11.0 Å². The highest BCUT2D eigenvalue weighted by atomic mass is 35.5. The molecule has 3 aromatic rings. The SMILES string of the molecule is CC1(C)CCC(Cc2ccc(Oc3ccc(Cl)cc3)cc2)C1(O)Cn1cncn1. The molecule has 1 saturated carbocycles. The molecule has 0 aliphatic heterocycles. The Labute approximate surface area is 176 Å². The van der Waals surface area contributed by atoms with Crippen molar-refractivity contribution in [3.63, 3.8) is 0 Å². The molecular formula is C23H26ClN3O2. The molecule has 2 unspecified atom stereocenters. The van der Waals surface area contributed by atoms with Crippen molar-refractivity contribution < 1.29 is 9.84 Å². The van der Waals surface area contributed by atoms with E-state index >= 15 is 0 Å². The van der Waals surface area contributed by atoms with E-state index in [1.807, 2.05) is 36.4 Å². The van der Waals surface area contributed by atoms with Gasteiger partial charge < -0.3 is 9.84 Å². The van der Waals surface area contributed by atoms with Gasteiger partial charge in [0.25, 0.3) is 0 Å². The molecular weight excluding hydrogens is 386 g/mol. The number of hydrogen-bond donors (Lipinski definition) is 1. The van der Waals surface area contributed by atoms with Crippen molar-refractivity contribution in [2.45, 2.75) is 45.3 Å². The standard InChI is InChI=1S/C23H26ClN3O2/c1-22(2)12-11-18(23(22,28)14-27-16-25-15-26-27)13-17-3-7-20(8-4-17)29-21-9-5-19(24)6-10-21/h3-10,15-16,18,28H,11-14H2,1-2H3. The van der Waals surface area contributed by atoms with Crippen LogP contribution in [-0.2, 0) is 13.0 Å². The third kappa shape index (κ3) is 4.16. The van der Waals surface area contributed by atoms with Crippen molar-refractivity contribution in [2.75, 3.05) is 0 Å². The van der Waals surface area contributed by atoms with Gasteiger partial charge in [0.05, 0.1) is 12.1 Å². The smallest absolute Gasteiger partial charge is 0.137 e.